The Bertz CT molecular complexity index is 834. The van der Waals surface area contributed by atoms with E-state index in [-0.39, 0.29) is 30.6 Å². The number of rotatable bonds is 6. The highest BCUT2D eigenvalue weighted by Crippen LogP contribution is 2.09. The van der Waals surface area contributed by atoms with E-state index >= 15 is 0 Å². The fourth-order valence-electron chi connectivity index (χ4n) is 3.04. The topological polar surface area (TPSA) is 81.8 Å². The molecule has 0 aliphatic carbocycles. The van der Waals surface area contributed by atoms with Crippen molar-refractivity contribution in [2.45, 2.75) is 13.0 Å². The summed E-state index contributed by atoms with van der Waals surface area (Å²) in [6, 6.07) is 9.19. The monoisotopic (exact) mass is 418 g/mol. The number of amides is 4. The normalized spacial score (nSPS) is 14.4. The van der Waals surface area contributed by atoms with Crippen molar-refractivity contribution in [2.24, 2.45) is 0 Å². The Morgan fingerprint density at radius 3 is 2.41 bits per heavy atom. The van der Waals surface area contributed by atoms with E-state index in [0.717, 1.165) is 10.4 Å². The zero-order valence-electron chi connectivity index (χ0n) is 15.9. The zero-order valence-corrected chi connectivity index (χ0v) is 16.7. The minimum Gasteiger partial charge on any atom is -0.340 e. The third kappa shape index (κ3) is 6.65. The summed E-state index contributed by atoms with van der Waals surface area (Å²) in [5.74, 6) is -0.721. The van der Waals surface area contributed by atoms with Gasteiger partial charge in [-0.2, -0.15) is 0 Å². The Kier molecular flexibility index (Phi) is 7.31. The molecule has 1 aromatic carbocycles. The second-order valence-corrected chi connectivity index (χ2v) is 7.80. The van der Waals surface area contributed by atoms with E-state index in [1.807, 2.05) is 22.4 Å². The van der Waals surface area contributed by atoms with Crippen molar-refractivity contribution in [1.82, 2.24) is 20.4 Å². The molecule has 1 aliphatic rings. The molecule has 0 unspecified atom stereocenters. The summed E-state index contributed by atoms with van der Waals surface area (Å²) in [4.78, 5) is 40.9. The first-order chi connectivity index (χ1) is 14.0. The van der Waals surface area contributed by atoms with Gasteiger partial charge in [0.2, 0.25) is 11.8 Å². The first kappa shape index (κ1) is 20.9. The largest absolute Gasteiger partial charge is 0.340 e. The van der Waals surface area contributed by atoms with Crippen LogP contribution in [0.4, 0.5) is 9.18 Å². The molecule has 7 nitrogen and oxygen atoms in total. The number of carbonyl (C=O) groups is 3. The molecule has 3 rings (SSSR count). The van der Waals surface area contributed by atoms with Crippen LogP contribution in [0.15, 0.2) is 41.8 Å². The molecule has 0 saturated carbocycles. The number of hydrogen-bond acceptors (Lipinski definition) is 5. The molecule has 2 heterocycles. The molecule has 0 bridgehead atoms. The molecule has 9 heteroatoms. The number of carbonyl (C=O) groups excluding carboxylic acids is 3. The molecule has 1 saturated heterocycles. The Hall–Kier alpha value is -2.78. The van der Waals surface area contributed by atoms with Gasteiger partial charge in [0.25, 0.3) is 0 Å². The predicted octanol–water partition coefficient (Wildman–Crippen LogP) is 1.60. The number of imide groups is 1. The first-order valence-electron chi connectivity index (χ1n) is 9.34. The van der Waals surface area contributed by atoms with E-state index in [0.29, 0.717) is 32.7 Å². The number of piperazine rings is 1. The van der Waals surface area contributed by atoms with E-state index in [1.165, 1.54) is 23.5 Å². The van der Waals surface area contributed by atoms with Crippen molar-refractivity contribution in [3.8, 4) is 0 Å². The molecule has 2 aromatic rings. The van der Waals surface area contributed by atoms with Crippen LogP contribution in [0, 0.1) is 5.82 Å². The highest BCUT2D eigenvalue weighted by Gasteiger charge is 2.23. The number of halogens is 1. The van der Waals surface area contributed by atoms with E-state index in [9.17, 15) is 18.8 Å². The number of benzene rings is 1. The van der Waals surface area contributed by atoms with Crippen LogP contribution in [0.1, 0.15) is 10.4 Å². The Balaban J connectivity index is 1.35. The second-order valence-electron chi connectivity index (χ2n) is 6.77. The average molecular weight is 418 g/mol. The summed E-state index contributed by atoms with van der Waals surface area (Å²) in [6.45, 7) is 2.62. The van der Waals surface area contributed by atoms with E-state index in [1.54, 1.807) is 17.0 Å². The standard InChI is InChI=1S/C20H23FN4O3S/c21-16-5-3-15(4-6-16)12-19(27)25-9-7-24(8-10-25)14-18(26)23-20(28)22-13-17-2-1-11-29-17/h1-6,11H,7-10,12-14H2,(H2,22,23,26,28). The molecular formula is C20H23FN4O3S. The fourth-order valence-corrected chi connectivity index (χ4v) is 3.68. The first-order valence-corrected chi connectivity index (χ1v) is 10.2. The summed E-state index contributed by atoms with van der Waals surface area (Å²) >= 11 is 1.53. The van der Waals surface area contributed by atoms with E-state index < -0.39 is 6.03 Å². The van der Waals surface area contributed by atoms with Crippen LogP contribution in [-0.2, 0) is 22.6 Å². The maximum atomic E-state index is 13.0. The molecule has 0 radical (unpaired) electrons. The van der Waals surface area contributed by atoms with Crippen molar-refractivity contribution in [1.29, 1.82) is 0 Å². The molecule has 29 heavy (non-hydrogen) atoms. The van der Waals surface area contributed by atoms with Crippen LogP contribution in [0.2, 0.25) is 0 Å². The average Bonchev–Trinajstić information content (AvgIpc) is 3.22. The summed E-state index contributed by atoms with van der Waals surface area (Å²) in [5, 5.41) is 6.89. The van der Waals surface area contributed by atoms with Crippen LogP contribution >= 0.6 is 11.3 Å². The van der Waals surface area contributed by atoms with Gasteiger partial charge in [-0.05, 0) is 29.1 Å². The zero-order chi connectivity index (χ0) is 20.6. The minimum absolute atomic E-state index is 0.0198. The number of nitrogens with zero attached hydrogens (tertiary/aromatic N) is 2. The van der Waals surface area contributed by atoms with Gasteiger partial charge in [-0.1, -0.05) is 18.2 Å². The SMILES string of the molecule is O=C(CN1CCN(C(=O)Cc2ccc(F)cc2)CC1)NC(=O)NCc1cccs1. The molecule has 4 amide bonds. The van der Waals surface area contributed by atoms with Crippen molar-refractivity contribution >= 4 is 29.2 Å². The van der Waals surface area contributed by atoms with Crippen LogP contribution in [-0.4, -0.2) is 60.4 Å². The van der Waals surface area contributed by atoms with Crippen molar-refractivity contribution in [3.05, 3.63) is 58.0 Å². The lowest BCUT2D eigenvalue weighted by molar-refractivity contribution is -0.132. The van der Waals surface area contributed by atoms with Gasteiger partial charge in [-0.3, -0.25) is 19.8 Å². The number of thiophene rings is 1. The van der Waals surface area contributed by atoms with Gasteiger partial charge >= 0.3 is 6.03 Å². The molecule has 2 N–H and O–H groups in total. The molecule has 1 fully saturated rings. The van der Waals surface area contributed by atoms with E-state index in [4.69, 9.17) is 0 Å². The van der Waals surface area contributed by atoms with Crippen molar-refractivity contribution in [2.75, 3.05) is 32.7 Å². The van der Waals surface area contributed by atoms with Crippen LogP contribution in [0.3, 0.4) is 0 Å². The summed E-state index contributed by atoms with van der Waals surface area (Å²) in [6.07, 6.45) is 0.227. The molecular weight excluding hydrogens is 395 g/mol. The van der Waals surface area contributed by atoms with Crippen LogP contribution in [0.5, 0.6) is 0 Å². The molecule has 1 aromatic heterocycles. The predicted molar refractivity (Wildman–Crippen MR) is 108 cm³/mol. The van der Waals surface area contributed by atoms with Gasteiger partial charge in [-0.15, -0.1) is 11.3 Å². The lowest BCUT2D eigenvalue weighted by atomic mass is 10.1. The highest BCUT2D eigenvalue weighted by atomic mass is 32.1. The Morgan fingerprint density at radius 2 is 1.76 bits per heavy atom. The highest BCUT2D eigenvalue weighted by molar-refractivity contribution is 7.09. The Morgan fingerprint density at radius 1 is 1.03 bits per heavy atom. The maximum absolute atomic E-state index is 13.0. The quantitative estimate of drug-likeness (QED) is 0.747. The minimum atomic E-state index is -0.517. The van der Waals surface area contributed by atoms with Gasteiger partial charge in [0, 0.05) is 31.1 Å². The molecule has 154 valence electrons. The van der Waals surface area contributed by atoms with Crippen LogP contribution in [0.25, 0.3) is 0 Å². The molecule has 0 spiro atoms. The van der Waals surface area contributed by atoms with Crippen LogP contribution < -0.4 is 10.6 Å². The maximum Gasteiger partial charge on any atom is 0.321 e. The van der Waals surface area contributed by atoms with Gasteiger partial charge in [0.15, 0.2) is 0 Å². The van der Waals surface area contributed by atoms with Gasteiger partial charge in [0.05, 0.1) is 19.5 Å². The number of hydrogen-bond donors (Lipinski definition) is 2. The van der Waals surface area contributed by atoms with Gasteiger partial charge in [0.1, 0.15) is 5.82 Å². The van der Waals surface area contributed by atoms with Gasteiger partial charge in [-0.25, -0.2) is 9.18 Å². The lowest BCUT2D eigenvalue weighted by Gasteiger charge is -2.34. The number of nitrogens with one attached hydrogen (secondary N) is 2. The fraction of sp³-hybridized carbons (Fsp3) is 0.350. The Labute approximate surface area is 172 Å². The molecule has 1 aliphatic heterocycles. The molecule has 0 atom stereocenters. The van der Waals surface area contributed by atoms with Crippen molar-refractivity contribution < 1.29 is 18.8 Å². The van der Waals surface area contributed by atoms with Crippen molar-refractivity contribution in [3.63, 3.8) is 0 Å². The third-order valence-electron chi connectivity index (χ3n) is 4.62. The second kappa shape index (κ2) is 10.1. The van der Waals surface area contributed by atoms with E-state index in [2.05, 4.69) is 10.6 Å². The summed E-state index contributed by atoms with van der Waals surface area (Å²) in [7, 11) is 0. The third-order valence-corrected chi connectivity index (χ3v) is 5.49. The smallest absolute Gasteiger partial charge is 0.321 e. The number of urea groups is 1. The summed E-state index contributed by atoms with van der Waals surface area (Å²) in [5.41, 5.74) is 0.770. The lowest BCUT2D eigenvalue weighted by Crippen LogP contribution is -2.52. The summed E-state index contributed by atoms with van der Waals surface area (Å²) < 4.78 is 13.0. The van der Waals surface area contributed by atoms with Gasteiger partial charge < -0.3 is 10.2 Å².